The Kier molecular flexibility index (Phi) is 4.40. The van der Waals surface area contributed by atoms with Gasteiger partial charge in [-0.25, -0.2) is 0 Å². The molecular formula is C13H18F3NO. The van der Waals surface area contributed by atoms with Crippen LogP contribution in [0.4, 0.5) is 13.2 Å². The molecule has 1 atom stereocenters. The lowest BCUT2D eigenvalue weighted by molar-refractivity contribution is -0.140. The van der Waals surface area contributed by atoms with E-state index in [0.717, 1.165) is 6.07 Å². The maximum atomic E-state index is 12.9. The molecule has 0 aromatic heterocycles. The van der Waals surface area contributed by atoms with Gasteiger partial charge in [-0.2, -0.15) is 13.2 Å². The lowest BCUT2D eigenvalue weighted by Crippen LogP contribution is -2.38. The van der Waals surface area contributed by atoms with Gasteiger partial charge < -0.3 is 10.0 Å². The summed E-state index contributed by atoms with van der Waals surface area (Å²) in [5.74, 6) is 0. The summed E-state index contributed by atoms with van der Waals surface area (Å²) in [6, 6.07) is 5.15. The Morgan fingerprint density at radius 2 is 1.67 bits per heavy atom. The fourth-order valence-electron chi connectivity index (χ4n) is 1.92. The van der Waals surface area contributed by atoms with Crippen LogP contribution in [0.15, 0.2) is 24.3 Å². The molecule has 0 aliphatic rings. The minimum atomic E-state index is -4.45. The number of hydrogen-bond donors (Lipinski definition) is 1. The third kappa shape index (κ3) is 3.46. The Morgan fingerprint density at radius 1 is 1.17 bits per heavy atom. The van der Waals surface area contributed by atoms with Crippen LogP contribution in [0, 0.1) is 0 Å². The van der Waals surface area contributed by atoms with Gasteiger partial charge >= 0.3 is 6.18 Å². The van der Waals surface area contributed by atoms with E-state index in [1.54, 1.807) is 11.9 Å². The number of hydrogen-bond acceptors (Lipinski definition) is 2. The lowest BCUT2D eigenvalue weighted by Gasteiger charge is -2.31. The van der Waals surface area contributed by atoms with Crippen molar-refractivity contribution in [2.24, 2.45) is 0 Å². The van der Waals surface area contributed by atoms with Crippen LogP contribution in [-0.4, -0.2) is 30.1 Å². The molecule has 5 heteroatoms. The Bertz CT molecular complexity index is 401. The van der Waals surface area contributed by atoms with Gasteiger partial charge in [0.15, 0.2) is 0 Å². The van der Waals surface area contributed by atoms with Crippen LogP contribution in [0.25, 0.3) is 0 Å². The first-order chi connectivity index (χ1) is 8.18. The SMILES string of the molecule is CCN(C)CC(C)(O)c1ccccc1C(F)(F)F. The molecule has 2 nitrogen and oxygen atoms in total. The number of nitrogens with zero attached hydrogens (tertiary/aromatic N) is 1. The molecule has 0 bridgehead atoms. The molecule has 1 rings (SSSR count). The number of halogens is 3. The van der Waals surface area contributed by atoms with Crippen LogP contribution >= 0.6 is 0 Å². The molecule has 0 fully saturated rings. The van der Waals surface area contributed by atoms with Crippen molar-refractivity contribution in [3.05, 3.63) is 35.4 Å². The normalized spacial score (nSPS) is 15.8. The lowest BCUT2D eigenvalue weighted by atomic mass is 9.90. The zero-order chi connectivity index (χ0) is 14.0. The zero-order valence-corrected chi connectivity index (χ0v) is 10.8. The molecule has 0 saturated heterocycles. The van der Waals surface area contributed by atoms with Crippen molar-refractivity contribution >= 4 is 0 Å². The molecular weight excluding hydrogens is 243 g/mol. The third-order valence-corrected chi connectivity index (χ3v) is 2.93. The van der Waals surface area contributed by atoms with Crippen molar-refractivity contribution < 1.29 is 18.3 Å². The summed E-state index contributed by atoms with van der Waals surface area (Å²) < 4.78 is 38.6. The highest BCUT2D eigenvalue weighted by molar-refractivity contribution is 5.34. The smallest absolute Gasteiger partial charge is 0.384 e. The van der Waals surface area contributed by atoms with Crippen LogP contribution in [0.2, 0.25) is 0 Å². The predicted molar refractivity (Wildman–Crippen MR) is 64.2 cm³/mol. The molecule has 0 saturated carbocycles. The van der Waals surface area contributed by atoms with Crippen LogP contribution in [0.1, 0.15) is 25.0 Å². The summed E-state index contributed by atoms with van der Waals surface area (Å²) in [7, 11) is 1.75. The summed E-state index contributed by atoms with van der Waals surface area (Å²) in [6.07, 6.45) is -4.45. The summed E-state index contributed by atoms with van der Waals surface area (Å²) in [5, 5.41) is 10.3. The fraction of sp³-hybridized carbons (Fsp3) is 0.538. The highest BCUT2D eigenvalue weighted by Gasteiger charge is 2.38. The Hall–Kier alpha value is -1.07. The highest BCUT2D eigenvalue weighted by Crippen LogP contribution is 2.36. The van der Waals surface area contributed by atoms with E-state index in [4.69, 9.17) is 0 Å². The van der Waals surface area contributed by atoms with E-state index in [-0.39, 0.29) is 12.1 Å². The largest absolute Gasteiger partial charge is 0.416 e. The first-order valence-corrected chi connectivity index (χ1v) is 5.76. The Morgan fingerprint density at radius 3 is 2.11 bits per heavy atom. The molecule has 18 heavy (non-hydrogen) atoms. The fourth-order valence-corrected chi connectivity index (χ4v) is 1.92. The van der Waals surface area contributed by atoms with E-state index in [1.807, 2.05) is 6.92 Å². The van der Waals surface area contributed by atoms with Crippen molar-refractivity contribution in [3.8, 4) is 0 Å². The number of aliphatic hydroxyl groups is 1. The number of alkyl halides is 3. The molecule has 1 N–H and O–H groups in total. The second-order valence-electron chi connectivity index (χ2n) is 4.65. The van der Waals surface area contributed by atoms with Gasteiger partial charge in [0.2, 0.25) is 0 Å². The van der Waals surface area contributed by atoms with Gasteiger partial charge in [-0.05, 0) is 32.1 Å². The third-order valence-electron chi connectivity index (χ3n) is 2.93. The first kappa shape index (κ1) is 15.0. The summed E-state index contributed by atoms with van der Waals surface area (Å²) in [6.45, 7) is 4.09. The molecule has 1 unspecified atom stereocenters. The molecule has 0 amide bonds. The molecule has 102 valence electrons. The number of rotatable bonds is 4. The van der Waals surface area contributed by atoms with Gasteiger partial charge in [0, 0.05) is 6.54 Å². The standard InChI is InChI=1S/C13H18F3NO/c1-4-17(3)9-12(2,18)10-7-5-6-8-11(10)13(14,15)16/h5-8,18H,4,9H2,1-3H3. The van der Waals surface area contributed by atoms with Gasteiger partial charge in [-0.3, -0.25) is 0 Å². The minimum absolute atomic E-state index is 0.0854. The molecule has 0 heterocycles. The average molecular weight is 261 g/mol. The van der Waals surface area contributed by atoms with Crippen molar-refractivity contribution in [2.45, 2.75) is 25.6 Å². The van der Waals surface area contributed by atoms with Crippen LogP contribution in [0.5, 0.6) is 0 Å². The summed E-state index contributed by atoms with van der Waals surface area (Å²) in [4.78, 5) is 1.77. The van der Waals surface area contributed by atoms with Crippen LogP contribution in [0.3, 0.4) is 0 Å². The van der Waals surface area contributed by atoms with E-state index >= 15 is 0 Å². The van der Waals surface area contributed by atoms with E-state index in [1.165, 1.54) is 25.1 Å². The summed E-state index contributed by atoms with van der Waals surface area (Å²) in [5.41, 5.74) is -2.39. The van der Waals surface area contributed by atoms with Gasteiger partial charge in [-0.1, -0.05) is 25.1 Å². The van der Waals surface area contributed by atoms with Gasteiger partial charge in [0.05, 0.1) is 5.56 Å². The summed E-state index contributed by atoms with van der Waals surface area (Å²) >= 11 is 0. The number of likely N-dealkylation sites (N-methyl/N-ethyl adjacent to an activating group) is 1. The molecule has 0 radical (unpaired) electrons. The Balaban J connectivity index is 3.16. The maximum absolute atomic E-state index is 12.9. The maximum Gasteiger partial charge on any atom is 0.416 e. The van der Waals surface area contributed by atoms with Crippen molar-refractivity contribution in [2.75, 3.05) is 20.1 Å². The molecule has 1 aromatic rings. The van der Waals surface area contributed by atoms with E-state index in [0.29, 0.717) is 6.54 Å². The van der Waals surface area contributed by atoms with E-state index in [2.05, 4.69) is 0 Å². The predicted octanol–water partition coefficient (Wildman–Crippen LogP) is 2.86. The average Bonchev–Trinajstić information content (AvgIpc) is 2.27. The zero-order valence-electron chi connectivity index (χ0n) is 10.8. The van der Waals surface area contributed by atoms with Crippen LogP contribution < -0.4 is 0 Å². The van der Waals surface area contributed by atoms with Crippen LogP contribution in [-0.2, 0) is 11.8 Å². The van der Waals surface area contributed by atoms with Crippen molar-refractivity contribution in [3.63, 3.8) is 0 Å². The topological polar surface area (TPSA) is 23.5 Å². The van der Waals surface area contributed by atoms with Gasteiger partial charge in [-0.15, -0.1) is 0 Å². The van der Waals surface area contributed by atoms with E-state index < -0.39 is 17.3 Å². The Labute approximate surface area is 105 Å². The second-order valence-corrected chi connectivity index (χ2v) is 4.65. The molecule has 0 aliphatic carbocycles. The molecule has 0 aliphatic heterocycles. The number of benzene rings is 1. The van der Waals surface area contributed by atoms with Gasteiger partial charge in [0.1, 0.15) is 5.60 Å². The van der Waals surface area contributed by atoms with Crippen molar-refractivity contribution in [1.29, 1.82) is 0 Å². The molecule has 1 aromatic carbocycles. The van der Waals surface area contributed by atoms with E-state index in [9.17, 15) is 18.3 Å². The molecule has 0 spiro atoms. The monoisotopic (exact) mass is 261 g/mol. The first-order valence-electron chi connectivity index (χ1n) is 5.76. The van der Waals surface area contributed by atoms with Gasteiger partial charge in [0.25, 0.3) is 0 Å². The second kappa shape index (κ2) is 5.28. The van der Waals surface area contributed by atoms with Crippen molar-refractivity contribution in [1.82, 2.24) is 4.90 Å². The quantitative estimate of drug-likeness (QED) is 0.901. The highest BCUT2D eigenvalue weighted by atomic mass is 19.4. The minimum Gasteiger partial charge on any atom is -0.384 e.